The number of rotatable bonds is 9. The van der Waals surface area contributed by atoms with Crippen LogP contribution in [0.1, 0.15) is 43.0 Å². The summed E-state index contributed by atoms with van der Waals surface area (Å²) in [6, 6.07) is 25.0. The fourth-order valence-corrected chi connectivity index (χ4v) is 4.39. The molecular formula is C31H31N3O4. The van der Waals surface area contributed by atoms with E-state index in [0.717, 1.165) is 11.1 Å². The van der Waals surface area contributed by atoms with Gasteiger partial charge in [-0.3, -0.25) is 9.69 Å². The van der Waals surface area contributed by atoms with Crippen molar-refractivity contribution >= 4 is 35.4 Å². The third-order valence-corrected chi connectivity index (χ3v) is 6.03. The van der Waals surface area contributed by atoms with Gasteiger partial charge in [-0.1, -0.05) is 79.7 Å². The molecule has 1 aliphatic rings. The summed E-state index contributed by atoms with van der Waals surface area (Å²) in [4.78, 5) is 40.9. The van der Waals surface area contributed by atoms with Gasteiger partial charge in [0.05, 0.1) is 23.9 Å². The second-order valence-electron chi connectivity index (χ2n) is 8.74. The Balaban J connectivity index is 1.72. The molecule has 2 N–H and O–H groups in total. The molecule has 38 heavy (non-hydrogen) atoms. The lowest BCUT2D eigenvalue weighted by molar-refractivity contribution is -0.139. The maximum atomic E-state index is 13.4. The van der Waals surface area contributed by atoms with Crippen LogP contribution < -0.4 is 10.6 Å². The number of amides is 3. The summed E-state index contributed by atoms with van der Waals surface area (Å²) in [6.45, 7) is 4.36. The second-order valence-corrected chi connectivity index (χ2v) is 8.74. The highest BCUT2D eigenvalue weighted by Crippen LogP contribution is 2.37. The van der Waals surface area contributed by atoms with Crippen LogP contribution >= 0.6 is 0 Å². The van der Waals surface area contributed by atoms with Gasteiger partial charge in [0.25, 0.3) is 0 Å². The van der Waals surface area contributed by atoms with E-state index in [1.807, 2.05) is 73.7 Å². The third-order valence-electron chi connectivity index (χ3n) is 6.03. The molecule has 7 nitrogen and oxygen atoms in total. The van der Waals surface area contributed by atoms with E-state index in [1.165, 1.54) is 6.08 Å². The Kier molecular flexibility index (Phi) is 8.72. The van der Waals surface area contributed by atoms with E-state index in [9.17, 15) is 14.4 Å². The van der Waals surface area contributed by atoms with Gasteiger partial charge >= 0.3 is 12.0 Å². The average Bonchev–Trinajstić information content (AvgIpc) is 2.94. The van der Waals surface area contributed by atoms with Crippen molar-refractivity contribution in [3.63, 3.8) is 0 Å². The molecule has 1 atom stereocenters. The van der Waals surface area contributed by atoms with Crippen molar-refractivity contribution in [2.24, 2.45) is 0 Å². The summed E-state index contributed by atoms with van der Waals surface area (Å²) < 4.78 is 5.46. The minimum Gasteiger partial charge on any atom is -0.463 e. The van der Waals surface area contributed by atoms with Gasteiger partial charge in [0.1, 0.15) is 0 Å². The topological polar surface area (TPSA) is 87.7 Å². The molecule has 3 aromatic carbocycles. The lowest BCUT2D eigenvalue weighted by atomic mass is 9.91. The summed E-state index contributed by atoms with van der Waals surface area (Å²) in [7, 11) is 0. The molecule has 0 aromatic heterocycles. The molecule has 0 spiro atoms. The van der Waals surface area contributed by atoms with Crippen LogP contribution in [0, 0.1) is 0 Å². The van der Waals surface area contributed by atoms with Crippen LogP contribution in [0.4, 0.5) is 10.5 Å². The van der Waals surface area contributed by atoms with Gasteiger partial charge in [-0.2, -0.15) is 0 Å². The summed E-state index contributed by atoms with van der Waals surface area (Å²) in [5.74, 6) is -0.795. The predicted octanol–water partition coefficient (Wildman–Crippen LogP) is 5.79. The monoisotopic (exact) mass is 509 g/mol. The highest BCUT2D eigenvalue weighted by Gasteiger charge is 2.38. The number of carbonyl (C=O) groups excluding carboxylic acids is 3. The first-order chi connectivity index (χ1) is 18.5. The number of nitrogens with zero attached hydrogens (tertiary/aromatic N) is 1. The normalized spacial score (nSPS) is 15.4. The zero-order valence-electron chi connectivity index (χ0n) is 21.5. The van der Waals surface area contributed by atoms with Crippen molar-refractivity contribution in [2.45, 2.75) is 26.3 Å². The van der Waals surface area contributed by atoms with Crippen molar-refractivity contribution in [2.75, 3.05) is 18.5 Å². The summed E-state index contributed by atoms with van der Waals surface area (Å²) in [5, 5.41) is 5.85. The number of benzene rings is 3. The molecule has 7 heteroatoms. The molecule has 1 heterocycles. The summed E-state index contributed by atoms with van der Waals surface area (Å²) >= 11 is 0. The van der Waals surface area contributed by atoms with Gasteiger partial charge in [0.2, 0.25) is 5.91 Å². The molecular weight excluding hydrogens is 478 g/mol. The maximum absolute atomic E-state index is 13.4. The fourth-order valence-electron chi connectivity index (χ4n) is 4.39. The van der Waals surface area contributed by atoms with Crippen molar-refractivity contribution in [1.82, 2.24) is 10.2 Å². The molecule has 194 valence electrons. The molecule has 0 aliphatic carbocycles. The Morgan fingerprint density at radius 3 is 2.37 bits per heavy atom. The molecule has 0 unspecified atom stereocenters. The van der Waals surface area contributed by atoms with Gasteiger partial charge in [0, 0.05) is 18.3 Å². The highest BCUT2D eigenvalue weighted by molar-refractivity contribution is 6.05. The number of urea groups is 1. The van der Waals surface area contributed by atoms with Crippen LogP contribution in [0.2, 0.25) is 0 Å². The molecule has 0 saturated carbocycles. The van der Waals surface area contributed by atoms with Crippen LogP contribution in [0.3, 0.4) is 0 Å². The number of esters is 1. The Labute approximate surface area is 222 Å². The fraction of sp³-hybridized carbons (Fsp3) is 0.194. The molecule has 0 fully saturated rings. The van der Waals surface area contributed by atoms with Gasteiger partial charge in [-0.05, 0) is 48.2 Å². The van der Waals surface area contributed by atoms with Gasteiger partial charge in [0.15, 0.2) is 0 Å². The predicted molar refractivity (Wildman–Crippen MR) is 149 cm³/mol. The second kappa shape index (κ2) is 12.5. The Morgan fingerprint density at radius 2 is 1.68 bits per heavy atom. The lowest BCUT2D eigenvalue weighted by Gasteiger charge is -2.37. The maximum Gasteiger partial charge on any atom is 0.338 e. The summed E-state index contributed by atoms with van der Waals surface area (Å²) in [6.07, 6.45) is 3.91. The minimum absolute atomic E-state index is 0.197. The van der Waals surface area contributed by atoms with E-state index in [0.29, 0.717) is 35.5 Å². The molecule has 0 radical (unpaired) electrons. The van der Waals surface area contributed by atoms with Gasteiger partial charge < -0.3 is 15.4 Å². The van der Waals surface area contributed by atoms with Crippen LogP contribution in [-0.4, -0.2) is 36.0 Å². The van der Waals surface area contributed by atoms with E-state index < -0.39 is 12.0 Å². The number of anilines is 1. The van der Waals surface area contributed by atoms with E-state index in [2.05, 4.69) is 10.6 Å². The molecule has 3 amide bonds. The first-order valence-electron chi connectivity index (χ1n) is 12.7. The SMILES string of the molecule is CCCN1C(=O)N[C@@H](c2cccc(NC(=O)/C=C/c3ccccc3)c2)C(C(=O)OCC)=C1c1ccccc1. The Hall–Kier alpha value is -4.65. The number of nitrogens with one attached hydrogen (secondary N) is 2. The highest BCUT2D eigenvalue weighted by atomic mass is 16.5. The molecule has 1 aliphatic heterocycles. The first-order valence-corrected chi connectivity index (χ1v) is 12.7. The van der Waals surface area contributed by atoms with Crippen LogP contribution in [0.25, 0.3) is 11.8 Å². The number of hydrogen-bond acceptors (Lipinski definition) is 4. The Bertz CT molecular complexity index is 1350. The van der Waals surface area contributed by atoms with Crippen LogP contribution in [0.5, 0.6) is 0 Å². The van der Waals surface area contributed by atoms with Gasteiger partial charge in [-0.25, -0.2) is 9.59 Å². The zero-order valence-corrected chi connectivity index (χ0v) is 21.5. The van der Waals surface area contributed by atoms with Crippen molar-refractivity contribution in [3.05, 3.63) is 113 Å². The van der Waals surface area contributed by atoms with E-state index in [-0.39, 0.29) is 18.5 Å². The largest absolute Gasteiger partial charge is 0.463 e. The van der Waals surface area contributed by atoms with E-state index in [1.54, 1.807) is 36.1 Å². The number of carbonyl (C=O) groups is 3. The van der Waals surface area contributed by atoms with Crippen LogP contribution in [0.15, 0.2) is 96.6 Å². The van der Waals surface area contributed by atoms with Gasteiger partial charge in [-0.15, -0.1) is 0 Å². The smallest absolute Gasteiger partial charge is 0.338 e. The quantitative estimate of drug-likeness (QED) is 0.282. The lowest BCUT2D eigenvalue weighted by Crippen LogP contribution is -2.48. The third kappa shape index (κ3) is 6.18. The average molecular weight is 510 g/mol. The molecule has 0 saturated heterocycles. The van der Waals surface area contributed by atoms with E-state index in [4.69, 9.17) is 4.74 Å². The van der Waals surface area contributed by atoms with Crippen molar-refractivity contribution in [3.8, 4) is 0 Å². The zero-order chi connectivity index (χ0) is 26.9. The van der Waals surface area contributed by atoms with Crippen LogP contribution in [-0.2, 0) is 14.3 Å². The molecule has 0 bridgehead atoms. The molecule has 3 aromatic rings. The van der Waals surface area contributed by atoms with Crippen molar-refractivity contribution in [1.29, 1.82) is 0 Å². The minimum atomic E-state index is -0.762. The number of ether oxygens (including phenoxy) is 1. The number of hydrogen-bond donors (Lipinski definition) is 2. The van der Waals surface area contributed by atoms with Crippen molar-refractivity contribution < 1.29 is 19.1 Å². The molecule has 4 rings (SSSR count). The van der Waals surface area contributed by atoms with E-state index >= 15 is 0 Å². The summed E-state index contributed by atoms with van der Waals surface area (Å²) in [5.41, 5.74) is 3.73. The Morgan fingerprint density at radius 1 is 0.974 bits per heavy atom. The first kappa shape index (κ1) is 26.4. The standard InChI is InChI=1S/C31H31N3O4/c1-3-20-34-29(23-14-9-6-10-15-23)27(30(36)38-4-2)28(33-31(34)37)24-16-11-17-25(21-24)32-26(35)19-18-22-12-7-5-8-13-22/h5-19,21,28H,3-4,20H2,1-2H3,(H,32,35)(H,33,37)/b19-18+/t28-/m0/s1.